The maximum absolute atomic E-state index is 5.61. The first-order valence-electron chi connectivity index (χ1n) is 5.62. The highest BCUT2D eigenvalue weighted by molar-refractivity contribution is 5.39. The lowest BCUT2D eigenvalue weighted by Gasteiger charge is -2.18. The van der Waals surface area contributed by atoms with Crippen molar-refractivity contribution in [3.63, 3.8) is 0 Å². The van der Waals surface area contributed by atoms with E-state index in [1.165, 1.54) is 36.8 Å². The van der Waals surface area contributed by atoms with E-state index in [0.717, 1.165) is 13.0 Å². The Morgan fingerprint density at radius 2 is 1.79 bits per heavy atom. The summed E-state index contributed by atoms with van der Waals surface area (Å²) in [5.74, 6) is 0. The van der Waals surface area contributed by atoms with Gasteiger partial charge in [0.2, 0.25) is 0 Å². The van der Waals surface area contributed by atoms with Crippen LogP contribution in [0, 0.1) is 6.92 Å². The lowest BCUT2D eigenvalue weighted by atomic mass is 9.88. The van der Waals surface area contributed by atoms with Crippen molar-refractivity contribution >= 4 is 0 Å². The molecule has 14 heavy (non-hydrogen) atoms. The molecule has 0 amide bonds. The number of benzene rings is 1. The topological polar surface area (TPSA) is 26.0 Å². The summed E-state index contributed by atoms with van der Waals surface area (Å²) < 4.78 is 0. The zero-order valence-corrected chi connectivity index (χ0v) is 8.97. The molecule has 0 fully saturated rings. The van der Waals surface area contributed by atoms with Crippen LogP contribution in [0.2, 0.25) is 0 Å². The highest BCUT2D eigenvalue weighted by Gasteiger charge is 2.10. The molecule has 0 spiro atoms. The minimum Gasteiger partial charge on any atom is -0.330 e. The van der Waals surface area contributed by atoms with Gasteiger partial charge in [0.05, 0.1) is 0 Å². The minimum absolute atomic E-state index is 0.764. The molecule has 1 aromatic rings. The van der Waals surface area contributed by atoms with Crippen LogP contribution in [0.5, 0.6) is 0 Å². The molecule has 1 aromatic carbocycles. The Kier molecular flexibility index (Phi) is 2.87. The lowest BCUT2D eigenvalue weighted by Crippen LogP contribution is -2.08. The molecular weight excluding hydrogens is 170 g/mol. The lowest BCUT2D eigenvalue weighted by molar-refractivity contribution is 0.683. The Morgan fingerprint density at radius 1 is 1.14 bits per heavy atom. The third-order valence-electron chi connectivity index (χ3n) is 3.21. The van der Waals surface area contributed by atoms with Crippen molar-refractivity contribution in [2.45, 2.75) is 39.0 Å². The van der Waals surface area contributed by atoms with Gasteiger partial charge in [0.1, 0.15) is 0 Å². The Morgan fingerprint density at radius 3 is 2.43 bits per heavy atom. The van der Waals surface area contributed by atoms with Crippen LogP contribution in [-0.4, -0.2) is 6.54 Å². The van der Waals surface area contributed by atoms with E-state index in [9.17, 15) is 0 Å². The number of fused-ring (bicyclic) bond motifs is 1. The van der Waals surface area contributed by atoms with Crippen LogP contribution in [0.4, 0.5) is 0 Å². The molecule has 0 aromatic heterocycles. The fourth-order valence-electron chi connectivity index (χ4n) is 2.38. The molecule has 1 aliphatic carbocycles. The molecule has 76 valence electrons. The maximum atomic E-state index is 5.61. The molecule has 0 aliphatic heterocycles. The van der Waals surface area contributed by atoms with Crippen molar-refractivity contribution in [2.75, 3.05) is 6.54 Å². The van der Waals surface area contributed by atoms with Gasteiger partial charge in [0.25, 0.3) is 0 Å². The Hall–Kier alpha value is -0.820. The van der Waals surface area contributed by atoms with Gasteiger partial charge in [-0.3, -0.25) is 0 Å². The van der Waals surface area contributed by atoms with E-state index in [1.54, 1.807) is 11.1 Å². The summed E-state index contributed by atoms with van der Waals surface area (Å²) in [4.78, 5) is 0. The number of hydrogen-bond donors (Lipinski definition) is 1. The first kappa shape index (κ1) is 9.72. The average molecular weight is 189 g/mol. The summed E-state index contributed by atoms with van der Waals surface area (Å²) in [5.41, 5.74) is 11.6. The van der Waals surface area contributed by atoms with Crippen molar-refractivity contribution in [3.8, 4) is 0 Å². The van der Waals surface area contributed by atoms with E-state index < -0.39 is 0 Å². The predicted molar refractivity (Wildman–Crippen MR) is 60.6 cm³/mol. The Labute approximate surface area is 86.3 Å². The van der Waals surface area contributed by atoms with Crippen LogP contribution in [0.1, 0.15) is 35.1 Å². The van der Waals surface area contributed by atoms with Crippen molar-refractivity contribution in [2.24, 2.45) is 5.73 Å². The number of hydrogen-bond acceptors (Lipinski definition) is 1. The predicted octanol–water partition coefficient (Wildman–Crippen LogP) is 2.38. The third kappa shape index (κ3) is 1.83. The van der Waals surface area contributed by atoms with Gasteiger partial charge in [-0.15, -0.1) is 0 Å². The molecule has 0 atom stereocenters. The molecule has 2 rings (SSSR count). The van der Waals surface area contributed by atoms with Crippen molar-refractivity contribution in [3.05, 3.63) is 34.4 Å². The molecule has 1 heteroatoms. The van der Waals surface area contributed by atoms with Crippen molar-refractivity contribution in [1.29, 1.82) is 0 Å². The van der Waals surface area contributed by atoms with Gasteiger partial charge in [0.15, 0.2) is 0 Å². The van der Waals surface area contributed by atoms with E-state index >= 15 is 0 Å². The van der Waals surface area contributed by atoms with Crippen LogP contribution in [0.3, 0.4) is 0 Å². The summed E-state index contributed by atoms with van der Waals surface area (Å²) in [6, 6.07) is 4.76. The van der Waals surface area contributed by atoms with Gasteiger partial charge in [-0.2, -0.15) is 0 Å². The Bertz CT molecular complexity index is 328. The molecule has 0 saturated carbocycles. The number of aryl methyl sites for hydroxylation is 3. The van der Waals surface area contributed by atoms with E-state index in [4.69, 9.17) is 5.73 Å². The molecule has 0 bridgehead atoms. The minimum atomic E-state index is 0.764. The van der Waals surface area contributed by atoms with Crippen molar-refractivity contribution < 1.29 is 0 Å². The SMILES string of the molecule is Cc1cc2c(cc1CCN)CCCC2. The van der Waals surface area contributed by atoms with Crippen LogP contribution in [0.15, 0.2) is 12.1 Å². The van der Waals surface area contributed by atoms with Crippen LogP contribution < -0.4 is 5.73 Å². The molecule has 2 N–H and O–H groups in total. The van der Waals surface area contributed by atoms with Gasteiger partial charge < -0.3 is 5.73 Å². The molecule has 1 aliphatic rings. The summed E-state index contributed by atoms with van der Waals surface area (Å²) in [6.07, 6.45) is 6.30. The molecule has 0 saturated heterocycles. The number of nitrogens with two attached hydrogens (primary N) is 1. The fourth-order valence-corrected chi connectivity index (χ4v) is 2.38. The van der Waals surface area contributed by atoms with Crippen LogP contribution >= 0.6 is 0 Å². The summed E-state index contributed by atoms with van der Waals surface area (Å²) >= 11 is 0. The van der Waals surface area contributed by atoms with E-state index in [-0.39, 0.29) is 0 Å². The summed E-state index contributed by atoms with van der Waals surface area (Å²) in [6.45, 7) is 2.97. The largest absolute Gasteiger partial charge is 0.330 e. The monoisotopic (exact) mass is 189 g/mol. The van der Waals surface area contributed by atoms with Gasteiger partial charge in [-0.25, -0.2) is 0 Å². The summed E-state index contributed by atoms with van der Waals surface area (Å²) in [5, 5.41) is 0. The van der Waals surface area contributed by atoms with E-state index in [0.29, 0.717) is 0 Å². The van der Waals surface area contributed by atoms with E-state index in [2.05, 4.69) is 19.1 Å². The van der Waals surface area contributed by atoms with Gasteiger partial charge in [-0.1, -0.05) is 12.1 Å². The van der Waals surface area contributed by atoms with E-state index in [1.807, 2.05) is 0 Å². The smallest absolute Gasteiger partial charge is 0.00366 e. The first-order chi connectivity index (χ1) is 6.81. The quantitative estimate of drug-likeness (QED) is 0.759. The second-order valence-electron chi connectivity index (χ2n) is 4.29. The zero-order valence-electron chi connectivity index (χ0n) is 8.97. The second-order valence-corrected chi connectivity index (χ2v) is 4.29. The maximum Gasteiger partial charge on any atom is -0.00366 e. The van der Waals surface area contributed by atoms with Gasteiger partial charge in [0, 0.05) is 0 Å². The number of rotatable bonds is 2. The second kappa shape index (κ2) is 4.14. The molecule has 0 heterocycles. The highest BCUT2D eigenvalue weighted by Crippen LogP contribution is 2.24. The van der Waals surface area contributed by atoms with Gasteiger partial charge >= 0.3 is 0 Å². The van der Waals surface area contributed by atoms with Crippen molar-refractivity contribution in [1.82, 2.24) is 0 Å². The molecule has 0 unspecified atom stereocenters. The third-order valence-corrected chi connectivity index (χ3v) is 3.21. The fraction of sp³-hybridized carbons (Fsp3) is 0.538. The standard InChI is InChI=1S/C13H19N/c1-10-8-12-4-2-3-5-13(12)9-11(10)6-7-14/h8-9H,2-7,14H2,1H3. The first-order valence-corrected chi connectivity index (χ1v) is 5.62. The van der Waals surface area contributed by atoms with Crippen LogP contribution in [-0.2, 0) is 19.3 Å². The molecule has 0 radical (unpaired) electrons. The normalized spacial score (nSPS) is 15.3. The summed E-state index contributed by atoms with van der Waals surface area (Å²) in [7, 11) is 0. The van der Waals surface area contributed by atoms with Gasteiger partial charge in [-0.05, 0) is 67.8 Å². The Balaban J connectivity index is 2.35. The molecule has 1 nitrogen and oxygen atoms in total. The highest BCUT2D eigenvalue weighted by atomic mass is 14.5. The molecular formula is C13H19N. The average Bonchev–Trinajstić information content (AvgIpc) is 2.19. The zero-order chi connectivity index (χ0) is 9.97. The van der Waals surface area contributed by atoms with Crippen LogP contribution in [0.25, 0.3) is 0 Å².